The summed E-state index contributed by atoms with van der Waals surface area (Å²) in [5, 5.41) is 0.579. The molecule has 1 aliphatic heterocycles. The van der Waals surface area contributed by atoms with Gasteiger partial charge >= 0.3 is 0 Å². The predicted molar refractivity (Wildman–Crippen MR) is 123 cm³/mol. The number of hydrogen-bond donors (Lipinski definition) is 0. The molecule has 0 radical (unpaired) electrons. The fourth-order valence-electron chi connectivity index (χ4n) is 3.60. The number of methoxy groups -OCH3 is 1. The van der Waals surface area contributed by atoms with E-state index in [0.29, 0.717) is 22.6 Å². The summed E-state index contributed by atoms with van der Waals surface area (Å²) in [5.74, 6) is -1.02. The molecular formula is C24H18Cl2N2O4. The van der Waals surface area contributed by atoms with Crippen molar-refractivity contribution >= 4 is 46.6 Å². The second-order valence-corrected chi connectivity index (χ2v) is 8.16. The summed E-state index contributed by atoms with van der Waals surface area (Å²) in [5.41, 5.74) is 2.13. The molecule has 1 aliphatic rings. The van der Waals surface area contributed by atoms with Gasteiger partial charge in [0.05, 0.1) is 23.9 Å². The lowest BCUT2D eigenvalue weighted by Gasteiger charge is -2.28. The van der Waals surface area contributed by atoms with Gasteiger partial charge in [-0.3, -0.25) is 24.2 Å². The number of hydrogen-bond acceptors (Lipinski definition) is 4. The van der Waals surface area contributed by atoms with E-state index in [0.717, 1.165) is 10.5 Å². The molecule has 0 spiro atoms. The third kappa shape index (κ3) is 3.95. The highest BCUT2D eigenvalue weighted by Gasteiger charge is 2.38. The summed E-state index contributed by atoms with van der Waals surface area (Å²) < 4.78 is 5.49. The van der Waals surface area contributed by atoms with E-state index >= 15 is 0 Å². The molecule has 1 heterocycles. The summed E-state index contributed by atoms with van der Waals surface area (Å²) in [7, 11) is 1.49. The molecule has 4 rings (SSSR count). The molecule has 0 fully saturated rings. The monoisotopic (exact) mass is 468 g/mol. The van der Waals surface area contributed by atoms with Gasteiger partial charge in [-0.25, -0.2) is 0 Å². The van der Waals surface area contributed by atoms with E-state index < -0.39 is 17.7 Å². The van der Waals surface area contributed by atoms with Crippen molar-refractivity contribution in [2.45, 2.75) is 6.92 Å². The van der Waals surface area contributed by atoms with Crippen LogP contribution < -0.4 is 9.64 Å². The second kappa shape index (κ2) is 8.65. The molecule has 3 aromatic rings. The van der Waals surface area contributed by atoms with E-state index in [1.165, 1.54) is 30.2 Å². The molecule has 0 unspecified atom stereocenters. The summed E-state index contributed by atoms with van der Waals surface area (Å²) in [6.45, 7) is 1.58. The Bertz CT molecular complexity index is 1200. The Morgan fingerprint density at radius 2 is 1.53 bits per heavy atom. The summed E-state index contributed by atoms with van der Waals surface area (Å²) >= 11 is 12.2. The van der Waals surface area contributed by atoms with Gasteiger partial charge in [0.15, 0.2) is 0 Å². The van der Waals surface area contributed by atoms with Crippen LogP contribution in [-0.4, -0.2) is 36.4 Å². The number of carbonyl (C=O) groups is 3. The molecule has 0 saturated heterocycles. The largest absolute Gasteiger partial charge is 0.495 e. The first kappa shape index (κ1) is 21.9. The van der Waals surface area contributed by atoms with Crippen LogP contribution in [0.4, 0.5) is 5.69 Å². The van der Waals surface area contributed by atoms with Crippen molar-refractivity contribution in [1.29, 1.82) is 0 Å². The van der Waals surface area contributed by atoms with Crippen LogP contribution in [0.1, 0.15) is 36.6 Å². The lowest BCUT2D eigenvalue weighted by atomic mass is 10.1. The van der Waals surface area contributed by atoms with Gasteiger partial charge in [-0.15, -0.1) is 0 Å². The van der Waals surface area contributed by atoms with Gasteiger partial charge in [-0.05, 0) is 55.0 Å². The fourth-order valence-corrected chi connectivity index (χ4v) is 4.13. The molecule has 3 amide bonds. The highest BCUT2D eigenvalue weighted by atomic mass is 35.5. The Hall–Kier alpha value is -3.35. The fraction of sp³-hybridized carbons (Fsp3) is 0.125. The van der Waals surface area contributed by atoms with Gasteiger partial charge in [-0.1, -0.05) is 41.4 Å². The Labute approximate surface area is 194 Å². The van der Waals surface area contributed by atoms with E-state index in [4.69, 9.17) is 27.9 Å². The van der Waals surface area contributed by atoms with Gasteiger partial charge in [0.25, 0.3) is 17.7 Å². The van der Waals surface area contributed by atoms with Crippen LogP contribution in [0.5, 0.6) is 5.75 Å². The molecule has 0 atom stereocenters. The van der Waals surface area contributed by atoms with Crippen LogP contribution in [-0.2, 0) is 0 Å². The van der Waals surface area contributed by atoms with E-state index in [-0.39, 0.29) is 22.3 Å². The Morgan fingerprint density at radius 3 is 2.09 bits per heavy atom. The lowest BCUT2D eigenvalue weighted by molar-refractivity contribution is 0.0650. The van der Waals surface area contributed by atoms with E-state index in [2.05, 4.69) is 0 Å². The number of amides is 3. The quantitative estimate of drug-likeness (QED) is 0.482. The maximum Gasteiger partial charge on any atom is 0.263 e. The second-order valence-electron chi connectivity index (χ2n) is 7.29. The molecule has 162 valence electrons. The Morgan fingerprint density at radius 1 is 0.938 bits per heavy atom. The number of nitrogens with zero attached hydrogens (tertiary/aromatic N) is 2. The molecule has 3 aromatic carbocycles. The molecule has 8 heteroatoms. The van der Waals surface area contributed by atoms with E-state index in [1.807, 2.05) is 13.0 Å². The molecule has 0 aliphatic carbocycles. The molecule has 6 nitrogen and oxygen atoms in total. The molecule has 0 saturated carbocycles. The van der Waals surface area contributed by atoms with E-state index in [9.17, 15) is 14.4 Å². The Balaban J connectivity index is 1.79. The van der Waals surface area contributed by atoms with Crippen molar-refractivity contribution in [3.05, 3.63) is 93.0 Å². The van der Waals surface area contributed by atoms with Crippen LogP contribution in [0.3, 0.4) is 0 Å². The molecule has 0 aromatic heterocycles. The molecule has 32 heavy (non-hydrogen) atoms. The van der Waals surface area contributed by atoms with Crippen LogP contribution in [0.25, 0.3) is 0 Å². The zero-order chi connectivity index (χ0) is 23.0. The maximum atomic E-state index is 13.6. The van der Waals surface area contributed by atoms with Crippen molar-refractivity contribution in [2.24, 2.45) is 0 Å². The number of anilines is 1. The number of aryl methyl sites for hydroxylation is 1. The normalized spacial score (nSPS) is 12.7. The first-order chi connectivity index (χ1) is 15.3. The highest BCUT2D eigenvalue weighted by molar-refractivity contribution is 6.35. The first-order valence-electron chi connectivity index (χ1n) is 9.68. The first-order valence-corrected chi connectivity index (χ1v) is 10.4. The Kier molecular flexibility index (Phi) is 5.91. The average Bonchev–Trinajstić information content (AvgIpc) is 3.01. The standard InChI is InChI=1S/C24H18Cl2N2O4/c1-14-7-8-20(21(9-14)32-2)27(22(29)15-10-16(25)12-17(26)11-15)13-28-23(30)18-5-3-4-6-19(18)24(28)31/h3-12H,13H2,1-2H3. The van der Waals surface area contributed by atoms with Gasteiger partial charge in [0.1, 0.15) is 12.4 Å². The van der Waals surface area contributed by atoms with Crippen LogP contribution >= 0.6 is 23.2 Å². The number of benzene rings is 3. The predicted octanol–water partition coefficient (Wildman–Crippen LogP) is 5.21. The van der Waals surface area contributed by atoms with Gasteiger partial charge in [-0.2, -0.15) is 0 Å². The van der Waals surface area contributed by atoms with Crippen molar-refractivity contribution in [1.82, 2.24) is 4.90 Å². The van der Waals surface area contributed by atoms with Crippen LogP contribution in [0.2, 0.25) is 10.0 Å². The van der Waals surface area contributed by atoms with Gasteiger partial charge in [0.2, 0.25) is 0 Å². The number of fused-ring (bicyclic) bond motifs is 1. The minimum atomic E-state index is -0.492. The van der Waals surface area contributed by atoms with Crippen LogP contribution in [0.15, 0.2) is 60.7 Å². The zero-order valence-electron chi connectivity index (χ0n) is 17.3. The number of rotatable bonds is 5. The van der Waals surface area contributed by atoms with Crippen molar-refractivity contribution in [2.75, 3.05) is 18.7 Å². The third-order valence-electron chi connectivity index (χ3n) is 5.14. The third-order valence-corrected chi connectivity index (χ3v) is 5.58. The van der Waals surface area contributed by atoms with Crippen molar-refractivity contribution < 1.29 is 19.1 Å². The zero-order valence-corrected chi connectivity index (χ0v) is 18.8. The summed E-state index contributed by atoms with van der Waals surface area (Å²) in [6, 6.07) is 16.3. The number of ether oxygens (including phenoxy) is 1. The van der Waals surface area contributed by atoms with Crippen molar-refractivity contribution in [3.63, 3.8) is 0 Å². The number of imide groups is 1. The van der Waals surface area contributed by atoms with Crippen LogP contribution in [0, 0.1) is 6.92 Å². The summed E-state index contributed by atoms with van der Waals surface area (Å²) in [4.78, 5) is 41.8. The summed E-state index contributed by atoms with van der Waals surface area (Å²) in [6.07, 6.45) is 0. The minimum absolute atomic E-state index is 0.210. The van der Waals surface area contributed by atoms with Crippen molar-refractivity contribution in [3.8, 4) is 5.75 Å². The molecule has 0 bridgehead atoms. The van der Waals surface area contributed by atoms with Gasteiger partial charge in [0, 0.05) is 15.6 Å². The lowest BCUT2D eigenvalue weighted by Crippen LogP contribution is -2.44. The van der Waals surface area contributed by atoms with E-state index in [1.54, 1.807) is 36.4 Å². The average molecular weight is 469 g/mol. The highest BCUT2D eigenvalue weighted by Crippen LogP contribution is 2.33. The maximum absolute atomic E-state index is 13.6. The smallest absolute Gasteiger partial charge is 0.263 e. The van der Waals surface area contributed by atoms with Gasteiger partial charge < -0.3 is 4.74 Å². The number of halogens is 2. The number of carbonyl (C=O) groups excluding carboxylic acids is 3. The topological polar surface area (TPSA) is 66.9 Å². The SMILES string of the molecule is COc1cc(C)ccc1N(CN1C(=O)c2ccccc2C1=O)C(=O)c1cc(Cl)cc(Cl)c1. The molecule has 0 N–H and O–H groups in total. The molecular weight excluding hydrogens is 451 g/mol. The minimum Gasteiger partial charge on any atom is -0.495 e.